The van der Waals surface area contributed by atoms with Crippen LogP contribution in [0.2, 0.25) is 0 Å². The normalized spacial score (nSPS) is 34.9. The highest BCUT2D eigenvalue weighted by Gasteiger charge is 2.58. The predicted molar refractivity (Wildman–Crippen MR) is 95.4 cm³/mol. The first-order valence-corrected chi connectivity index (χ1v) is 10.3. The molecule has 3 aliphatic rings. The van der Waals surface area contributed by atoms with Crippen molar-refractivity contribution in [2.45, 2.75) is 62.2 Å². The summed E-state index contributed by atoms with van der Waals surface area (Å²) in [5.74, 6) is -0.959. The fourth-order valence-corrected chi connectivity index (χ4v) is 4.59. The lowest BCUT2D eigenvalue weighted by atomic mass is 9.99. The van der Waals surface area contributed by atoms with Gasteiger partial charge in [0.2, 0.25) is 0 Å². The molecule has 0 aliphatic carbocycles. The van der Waals surface area contributed by atoms with Gasteiger partial charge in [-0.25, -0.2) is 0 Å². The maximum absolute atomic E-state index is 12.8. The Bertz CT molecular complexity index is 835. The van der Waals surface area contributed by atoms with Gasteiger partial charge in [-0.3, -0.25) is 4.18 Å². The van der Waals surface area contributed by atoms with Gasteiger partial charge < -0.3 is 23.7 Å². The van der Waals surface area contributed by atoms with Gasteiger partial charge in [-0.2, -0.15) is 8.42 Å². The van der Waals surface area contributed by atoms with Gasteiger partial charge >= 0.3 is 5.24 Å². The fourth-order valence-electron chi connectivity index (χ4n) is 3.32. The number of hydrogen-bond acceptors (Lipinski definition) is 9. The Balaban J connectivity index is 1.66. The Hall–Kier alpha value is -1.30. The van der Waals surface area contributed by atoms with Gasteiger partial charge in [0.15, 0.2) is 18.2 Å². The van der Waals surface area contributed by atoms with Crippen LogP contribution in [0, 0.1) is 6.92 Å². The van der Waals surface area contributed by atoms with Crippen LogP contribution in [-0.4, -0.2) is 56.8 Å². The van der Waals surface area contributed by atoms with Crippen molar-refractivity contribution in [2.24, 2.45) is 0 Å². The van der Waals surface area contributed by atoms with Crippen molar-refractivity contribution in [3.05, 3.63) is 29.8 Å². The summed E-state index contributed by atoms with van der Waals surface area (Å²) in [6, 6.07) is 6.38. The van der Waals surface area contributed by atoms with Crippen molar-refractivity contribution >= 4 is 27.6 Å². The van der Waals surface area contributed by atoms with Gasteiger partial charge in [0.25, 0.3) is 10.1 Å². The molecule has 0 saturated carbocycles. The van der Waals surface area contributed by atoms with Gasteiger partial charge in [-0.15, -0.1) is 0 Å². The van der Waals surface area contributed by atoms with E-state index in [0.717, 1.165) is 5.56 Å². The van der Waals surface area contributed by atoms with Crippen molar-refractivity contribution in [3.8, 4) is 0 Å². The molecule has 0 radical (unpaired) electrons. The van der Waals surface area contributed by atoms with Crippen LogP contribution in [0.4, 0.5) is 0 Å². The van der Waals surface area contributed by atoms with E-state index in [-0.39, 0.29) is 16.7 Å². The maximum atomic E-state index is 12.8. The van der Waals surface area contributed by atoms with Gasteiger partial charge in [0.05, 0.1) is 4.90 Å². The van der Waals surface area contributed by atoms with Crippen LogP contribution in [-0.2, 0) is 38.0 Å². The Morgan fingerprint density at radius 1 is 1.15 bits per heavy atom. The molecule has 3 aliphatic heterocycles. The monoisotopic (exact) mass is 416 g/mol. The second-order valence-corrected chi connectivity index (χ2v) is 9.02. The van der Waals surface area contributed by atoms with Crippen LogP contribution in [0.5, 0.6) is 0 Å². The van der Waals surface area contributed by atoms with E-state index >= 15 is 0 Å². The van der Waals surface area contributed by atoms with Crippen molar-refractivity contribution < 1.29 is 36.3 Å². The number of hydrogen-bond donors (Lipinski definition) is 0. The minimum atomic E-state index is -4.08. The third-order valence-corrected chi connectivity index (χ3v) is 6.10. The van der Waals surface area contributed by atoms with Crippen LogP contribution >= 0.6 is 12.2 Å². The first kappa shape index (κ1) is 19.0. The summed E-state index contributed by atoms with van der Waals surface area (Å²) in [6.07, 6.45) is -4.02. The summed E-state index contributed by atoms with van der Waals surface area (Å²) in [6.45, 7) is 5.41. The molecule has 4 rings (SSSR count). The highest BCUT2D eigenvalue weighted by atomic mass is 32.2. The Kier molecular flexibility index (Phi) is 4.68. The van der Waals surface area contributed by atoms with E-state index in [0.29, 0.717) is 0 Å². The summed E-state index contributed by atoms with van der Waals surface area (Å²) in [7, 11) is -4.08. The first-order chi connectivity index (χ1) is 12.6. The molecule has 0 aromatic heterocycles. The zero-order valence-electron chi connectivity index (χ0n) is 15.0. The van der Waals surface area contributed by atoms with Crippen molar-refractivity contribution in [1.82, 2.24) is 0 Å². The van der Waals surface area contributed by atoms with Crippen LogP contribution in [0.3, 0.4) is 0 Å². The highest BCUT2D eigenvalue weighted by molar-refractivity contribution is 7.86. The molecule has 3 fully saturated rings. The lowest BCUT2D eigenvalue weighted by Crippen LogP contribution is -2.62. The first-order valence-electron chi connectivity index (χ1n) is 8.49. The molecule has 5 unspecified atom stereocenters. The van der Waals surface area contributed by atoms with Crippen LogP contribution in [0.1, 0.15) is 19.4 Å². The minimum Gasteiger partial charge on any atom is -0.454 e. The molecule has 5 atom stereocenters. The number of thiocarbonyl (C=S) groups is 1. The molecule has 27 heavy (non-hydrogen) atoms. The second-order valence-electron chi connectivity index (χ2n) is 7.11. The molecule has 10 heteroatoms. The molecule has 148 valence electrons. The summed E-state index contributed by atoms with van der Waals surface area (Å²) in [5.41, 5.74) is 0.938. The highest BCUT2D eigenvalue weighted by Crippen LogP contribution is 2.40. The maximum Gasteiger partial charge on any atom is 0.352 e. The Labute approximate surface area is 162 Å². The molecule has 0 N–H and O–H groups in total. The zero-order chi connectivity index (χ0) is 19.4. The van der Waals surface area contributed by atoms with Crippen LogP contribution < -0.4 is 0 Å². The van der Waals surface area contributed by atoms with E-state index in [2.05, 4.69) is 0 Å². The van der Waals surface area contributed by atoms with Crippen LogP contribution in [0.25, 0.3) is 0 Å². The molecule has 0 spiro atoms. The van der Waals surface area contributed by atoms with E-state index in [4.69, 9.17) is 40.1 Å². The van der Waals surface area contributed by atoms with Crippen LogP contribution in [0.15, 0.2) is 29.2 Å². The molecular formula is C17H20O8S2. The summed E-state index contributed by atoms with van der Waals surface area (Å²) < 4.78 is 59.4. The van der Waals surface area contributed by atoms with Gasteiger partial charge in [0.1, 0.15) is 24.9 Å². The van der Waals surface area contributed by atoms with Gasteiger partial charge in [-0.1, -0.05) is 17.7 Å². The van der Waals surface area contributed by atoms with E-state index in [9.17, 15) is 8.42 Å². The minimum absolute atomic E-state index is 0.0421. The third kappa shape index (κ3) is 3.69. The zero-order valence-corrected chi connectivity index (χ0v) is 16.6. The van der Waals surface area contributed by atoms with E-state index in [1.165, 1.54) is 12.1 Å². The van der Waals surface area contributed by atoms with Gasteiger partial charge in [0, 0.05) is 12.2 Å². The number of rotatable bonds is 3. The van der Waals surface area contributed by atoms with Crippen molar-refractivity contribution in [2.75, 3.05) is 6.61 Å². The molecule has 0 bridgehead atoms. The Morgan fingerprint density at radius 2 is 1.85 bits per heavy atom. The molecule has 1 aromatic rings. The summed E-state index contributed by atoms with van der Waals surface area (Å²) in [4.78, 5) is 0.0421. The van der Waals surface area contributed by atoms with Gasteiger partial charge in [-0.05, 0) is 32.9 Å². The average molecular weight is 416 g/mol. The summed E-state index contributed by atoms with van der Waals surface area (Å²) in [5, 5.41) is -0.0854. The van der Waals surface area contributed by atoms with Crippen molar-refractivity contribution in [3.63, 3.8) is 0 Å². The Morgan fingerprint density at radius 3 is 2.56 bits per heavy atom. The SMILES string of the molecule is Cc1ccc(S(=O)(=O)OC2C3OC(=S)OCC3OC3OC(C)(C)OC32)cc1. The predicted octanol–water partition coefficient (Wildman–Crippen LogP) is 1.65. The average Bonchev–Trinajstić information content (AvgIpc) is 2.89. The molecule has 1 aromatic carbocycles. The van der Waals surface area contributed by atoms with E-state index < -0.39 is 46.6 Å². The largest absolute Gasteiger partial charge is 0.454 e. The lowest BCUT2D eigenvalue weighted by Gasteiger charge is -2.43. The summed E-state index contributed by atoms with van der Waals surface area (Å²) >= 11 is 4.96. The quantitative estimate of drug-likeness (QED) is 0.539. The van der Waals surface area contributed by atoms with E-state index in [1.807, 2.05) is 6.92 Å². The smallest absolute Gasteiger partial charge is 0.352 e. The standard InChI is InChI=1S/C17H20O8S2/c1-9-4-6-10(7-5-9)27(18,19)25-13-12-11(8-20-16(26)22-12)21-15-14(13)23-17(2,3)24-15/h4-7,11-15H,8H2,1-3H3. The van der Waals surface area contributed by atoms with E-state index in [1.54, 1.807) is 26.0 Å². The number of ether oxygens (including phenoxy) is 5. The molecule has 0 amide bonds. The lowest BCUT2D eigenvalue weighted by molar-refractivity contribution is -0.261. The number of aryl methyl sites for hydroxylation is 1. The second kappa shape index (κ2) is 6.64. The van der Waals surface area contributed by atoms with Crippen molar-refractivity contribution in [1.29, 1.82) is 0 Å². The number of benzene rings is 1. The molecule has 8 nitrogen and oxygen atoms in total. The topological polar surface area (TPSA) is 89.5 Å². The third-order valence-electron chi connectivity index (χ3n) is 4.56. The molecule has 3 saturated heterocycles. The molecular weight excluding hydrogens is 396 g/mol. The molecule has 3 heterocycles. The fraction of sp³-hybridized carbons (Fsp3) is 0.588. The number of fused-ring (bicyclic) bond motifs is 2.